The second-order valence-electron chi connectivity index (χ2n) is 9.69. The van der Waals surface area contributed by atoms with Gasteiger partial charge in [-0.05, 0) is 81.1 Å². The van der Waals surface area contributed by atoms with E-state index in [0.717, 1.165) is 37.4 Å². The molecule has 0 spiro atoms. The SMILES string of the molecule is CCCc1c(OCCCCC[P+](c2ccccc2)(c2ccccc2)c2ccccc2)ccc(C(C)=O)c1O.[Br-]. The number of halogens is 1. The van der Waals surface area contributed by atoms with Gasteiger partial charge in [0.15, 0.2) is 5.78 Å². The molecule has 0 saturated heterocycles. The highest BCUT2D eigenvalue weighted by atomic mass is 79.9. The van der Waals surface area contributed by atoms with Gasteiger partial charge in [0.2, 0.25) is 0 Å². The van der Waals surface area contributed by atoms with E-state index in [1.165, 1.54) is 22.8 Å². The molecule has 4 aromatic carbocycles. The number of aromatic hydroxyl groups is 1. The molecular formula is C34H38BrO3P. The summed E-state index contributed by atoms with van der Waals surface area (Å²) in [4.78, 5) is 11.9. The third-order valence-corrected chi connectivity index (χ3v) is 11.6. The average molecular weight is 606 g/mol. The quantitative estimate of drug-likeness (QED) is 0.142. The molecule has 3 nitrogen and oxygen atoms in total. The molecule has 0 fully saturated rings. The van der Waals surface area contributed by atoms with Gasteiger partial charge in [-0.3, -0.25) is 4.79 Å². The molecule has 0 aliphatic carbocycles. The van der Waals surface area contributed by atoms with Gasteiger partial charge in [-0.1, -0.05) is 67.9 Å². The van der Waals surface area contributed by atoms with Crippen LogP contribution in [0.25, 0.3) is 0 Å². The standard InChI is InChI=1S/C34H37O3P.BrH/c1-3-16-32-33(24-23-31(27(2)35)34(32)36)37-25-14-7-15-26-38(28-17-8-4-9-18-28,29-19-10-5-11-20-29)30-21-12-6-13-22-30;/h4-6,8-13,17-24H,3,7,14-16,25-26H2,1-2H3;1H. The number of ether oxygens (including phenoxy) is 1. The minimum atomic E-state index is -1.80. The van der Waals surface area contributed by atoms with Crippen molar-refractivity contribution >= 4 is 29.0 Å². The van der Waals surface area contributed by atoms with Crippen LogP contribution < -0.4 is 37.6 Å². The van der Waals surface area contributed by atoms with Gasteiger partial charge in [0.05, 0.1) is 18.3 Å². The number of phenols is 1. The van der Waals surface area contributed by atoms with Crippen molar-refractivity contribution in [1.29, 1.82) is 0 Å². The number of hydrogen-bond donors (Lipinski definition) is 1. The van der Waals surface area contributed by atoms with E-state index in [0.29, 0.717) is 24.3 Å². The summed E-state index contributed by atoms with van der Waals surface area (Å²) in [5.74, 6) is 0.627. The van der Waals surface area contributed by atoms with E-state index < -0.39 is 7.26 Å². The monoisotopic (exact) mass is 604 g/mol. The Morgan fingerprint density at radius 1 is 0.744 bits per heavy atom. The van der Waals surface area contributed by atoms with Crippen molar-refractivity contribution in [2.75, 3.05) is 12.8 Å². The molecule has 0 heterocycles. The number of carbonyl (C=O) groups excluding carboxylic acids is 1. The van der Waals surface area contributed by atoms with Crippen LogP contribution in [0.3, 0.4) is 0 Å². The van der Waals surface area contributed by atoms with Crippen LogP contribution in [0.5, 0.6) is 11.5 Å². The number of ketones is 1. The normalized spacial score (nSPS) is 11.0. The lowest BCUT2D eigenvalue weighted by atomic mass is 10.0. The van der Waals surface area contributed by atoms with Crippen LogP contribution in [0.2, 0.25) is 0 Å². The van der Waals surface area contributed by atoms with Crippen molar-refractivity contribution in [2.45, 2.75) is 46.0 Å². The van der Waals surface area contributed by atoms with E-state index in [4.69, 9.17) is 4.74 Å². The number of hydrogen-bond acceptors (Lipinski definition) is 3. The van der Waals surface area contributed by atoms with E-state index in [1.807, 2.05) is 6.07 Å². The van der Waals surface area contributed by atoms with Crippen LogP contribution >= 0.6 is 7.26 Å². The van der Waals surface area contributed by atoms with Crippen LogP contribution in [-0.2, 0) is 6.42 Å². The third-order valence-electron chi connectivity index (χ3n) is 7.11. The van der Waals surface area contributed by atoms with Crippen molar-refractivity contribution in [1.82, 2.24) is 0 Å². The summed E-state index contributed by atoms with van der Waals surface area (Å²) in [6, 6.07) is 36.5. The van der Waals surface area contributed by atoms with Crippen LogP contribution in [0.4, 0.5) is 0 Å². The van der Waals surface area contributed by atoms with Gasteiger partial charge in [0.25, 0.3) is 0 Å². The fraction of sp³-hybridized carbons (Fsp3) is 0.265. The lowest BCUT2D eigenvalue weighted by Crippen LogP contribution is -3.00. The molecule has 0 aliphatic rings. The Hall–Kier alpha value is -2.94. The zero-order valence-electron chi connectivity index (χ0n) is 22.9. The Kier molecular flexibility index (Phi) is 11.8. The summed E-state index contributed by atoms with van der Waals surface area (Å²) < 4.78 is 6.13. The molecule has 0 amide bonds. The largest absolute Gasteiger partial charge is 1.00 e. The van der Waals surface area contributed by atoms with E-state index in [9.17, 15) is 9.90 Å². The second kappa shape index (κ2) is 15.0. The third kappa shape index (κ3) is 7.18. The van der Waals surface area contributed by atoms with E-state index >= 15 is 0 Å². The Morgan fingerprint density at radius 2 is 1.26 bits per heavy atom. The van der Waals surface area contributed by atoms with Gasteiger partial charge in [-0.2, -0.15) is 0 Å². The number of unbranched alkanes of at least 4 members (excludes halogenated alkanes) is 2. The topological polar surface area (TPSA) is 46.5 Å². The fourth-order valence-corrected chi connectivity index (χ4v) is 9.63. The van der Waals surface area contributed by atoms with Gasteiger partial charge in [-0.25, -0.2) is 0 Å². The van der Waals surface area contributed by atoms with Crippen molar-refractivity contribution < 1.29 is 31.6 Å². The number of phenolic OH excluding ortho intramolecular Hbond substituents is 1. The van der Waals surface area contributed by atoms with Crippen LogP contribution in [0, 0.1) is 0 Å². The summed E-state index contributed by atoms with van der Waals surface area (Å²) in [6.07, 6.45) is 5.72. The van der Waals surface area contributed by atoms with E-state index in [-0.39, 0.29) is 28.5 Å². The molecule has 5 heteroatoms. The second-order valence-corrected chi connectivity index (χ2v) is 13.3. The number of rotatable bonds is 13. The molecule has 4 rings (SSSR count). The van der Waals surface area contributed by atoms with Gasteiger partial charge in [0, 0.05) is 5.56 Å². The van der Waals surface area contributed by atoms with Gasteiger partial charge in [0.1, 0.15) is 34.7 Å². The first-order chi connectivity index (χ1) is 18.6. The van der Waals surface area contributed by atoms with Crippen molar-refractivity contribution in [3.8, 4) is 11.5 Å². The van der Waals surface area contributed by atoms with E-state index in [2.05, 4.69) is 97.9 Å². The fourth-order valence-electron chi connectivity index (χ4n) is 5.22. The molecule has 0 saturated carbocycles. The Morgan fingerprint density at radius 3 is 1.72 bits per heavy atom. The molecule has 1 N–H and O–H groups in total. The number of carbonyl (C=O) groups is 1. The minimum absolute atomic E-state index is 0. The maximum atomic E-state index is 11.9. The minimum Gasteiger partial charge on any atom is -1.00 e. The molecule has 39 heavy (non-hydrogen) atoms. The molecular weight excluding hydrogens is 567 g/mol. The van der Waals surface area contributed by atoms with Crippen molar-refractivity contribution in [3.05, 3.63) is 114 Å². The highest BCUT2D eigenvalue weighted by Crippen LogP contribution is 2.56. The van der Waals surface area contributed by atoms with Crippen molar-refractivity contribution in [3.63, 3.8) is 0 Å². The molecule has 0 aliphatic heterocycles. The highest BCUT2D eigenvalue weighted by molar-refractivity contribution is 7.95. The maximum Gasteiger partial charge on any atom is 0.163 e. The molecule has 4 aromatic rings. The zero-order chi connectivity index (χ0) is 26.8. The first-order valence-corrected chi connectivity index (χ1v) is 15.6. The highest BCUT2D eigenvalue weighted by Gasteiger charge is 2.44. The molecule has 0 radical (unpaired) electrons. The van der Waals surface area contributed by atoms with Gasteiger partial charge in [-0.15, -0.1) is 0 Å². The van der Waals surface area contributed by atoms with E-state index in [1.54, 1.807) is 6.07 Å². The summed E-state index contributed by atoms with van der Waals surface area (Å²) >= 11 is 0. The predicted octanol–water partition coefficient (Wildman–Crippen LogP) is 4.09. The first kappa shape index (κ1) is 30.6. The molecule has 0 atom stereocenters. The maximum absolute atomic E-state index is 11.9. The van der Waals surface area contributed by atoms with Gasteiger partial charge >= 0.3 is 0 Å². The van der Waals surface area contributed by atoms with Crippen LogP contribution in [0.15, 0.2) is 103 Å². The Labute approximate surface area is 244 Å². The lowest BCUT2D eigenvalue weighted by molar-refractivity contribution is -0.0000174. The summed E-state index contributed by atoms with van der Waals surface area (Å²) in [5.41, 5.74) is 1.10. The smallest absolute Gasteiger partial charge is 0.163 e. The molecule has 204 valence electrons. The van der Waals surface area contributed by atoms with Crippen LogP contribution in [0.1, 0.15) is 55.5 Å². The molecule has 0 aromatic heterocycles. The van der Waals surface area contributed by atoms with Crippen LogP contribution in [-0.4, -0.2) is 23.7 Å². The zero-order valence-corrected chi connectivity index (χ0v) is 25.3. The van der Waals surface area contributed by atoms with Crippen molar-refractivity contribution in [2.24, 2.45) is 0 Å². The Bertz CT molecular complexity index is 1210. The number of benzene rings is 4. The molecule has 0 unspecified atom stereocenters. The number of Topliss-reactive ketones (excluding diaryl/α,β-unsaturated/α-hetero) is 1. The summed E-state index contributed by atoms with van der Waals surface area (Å²) in [7, 11) is -1.80. The summed E-state index contributed by atoms with van der Waals surface area (Å²) in [5, 5.41) is 14.9. The van der Waals surface area contributed by atoms with Gasteiger partial charge < -0.3 is 26.8 Å². The molecule has 0 bridgehead atoms. The predicted molar refractivity (Wildman–Crippen MR) is 161 cm³/mol. The average Bonchev–Trinajstić information content (AvgIpc) is 2.96. The lowest BCUT2D eigenvalue weighted by Gasteiger charge is -2.27. The first-order valence-electron chi connectivity index (χ1n) is 13.6. The summed E-state index contributed by atoms with van der Waals surface area (Å²) in [6.45, 7) is 4.13. The Balaban J connectivity index is 0.00000420.